The van der Waals surface area contributed by atoms with Crippen LogP contribution in [-0.2, 0) is 13.2 Å². The SMILES string of the molecule is CN(C)CCn1ccc(=O)c(OCc2ccccc2)c1C(O)c1ccccc1. The van der Waals surface area contributed by atoms with Gasteiger partial charge in [-0.2, -0.15) is 0 Å². The second-order valence-corrected chi connectivity index (χ2v) is 6.98. The van der Waals surface area contributed by atoms with E-state index in [0.717, 1.165) is 17.7 Å². The quantitative estimate of drug-likeness (QED) is 0.655. The van der Waals surface area contributed by atoms with Gasteiger partial charge in [-0.15, -0.1) is 0 Å². The van der Waals surface area contributed by atoms with Gasteiger partial charge in [0, 0.05) is 25.4 Å². The van der Waals surface area contributed by atoms with Crippen molar-refractivity contribution < 1.29 is 9.84 Å². The number of hydrogen-bond acceptors (Lipinski definition) is 4. The molecule has 3 rings (SSSR count). The lowest BCUT2D eigenvalue weighted by Gasteiger charge is -2.23. The largest absolute Gasteiger partial charge is 0.483 e. The van der Waals surface area contributed by atoms with Gasteiger partial charge in [-0.25, -0.2) is 0 Å². The van der Waals surface area contributed by atoms with Gasteiger partial charge in [0.05, 0.1) is 5.69 Å². The Morgan fingerprint density at radius 3 is 2.29 bits per heavy atom. The van der Waals surface area contributed by atoms with E-state index in [4.69, 9.17) is 4.74 Å². The minimum absolute atomic E-state index is 0.196. The highest BCUT2D eigenvalue weighted by atomic mass is 16.5. The molecule has 0 fully saturated rings. The molecular formula is C23H26N2O3. The van der Waals surface area contributed by atoms with Crippen molar-refractivity contribution in [3.05, 3.63) is 100.0 Å². The van der Waals surface area contributed by atoms with Crippen LogP contribution in [0.25, 0.3) is 0 Å². The number of pyridine rings is 1. The third-order valence-corrected chi connectivity index (χ3v) is 4.56. The van der Waals surface area contributed by atoms with Crippen LogP contribution in [0.5, 0.6) is 5.75 Å². The molecule has 1 atom stereocenters. The van der Waals surface area contributed by atoms with Gasteiger partial charge < -0.3 is 19.3 Å². The van der Waals surface area contributed by atoms with E-state index >= 15 is 0 Å². The van der Waals surface area contributed by atoms with Crippen LogP contribution in [0.2, 0.25) is 0 Å². The molecule has 5 heteroatoms. The number of hydrogen-bond donors (Lipinski definition) is 1. The van der Waals surface area contributed by atoms with E-state index in [9.17, 15) is 9.90 Å². The lowest BCUT2D eigenvalue weighted by atomic mass is 10.0. The molecule has 146 valence electrons. The number of rotatable bonds is 8. The van der Waals surface area contributed by atoms with Crippen molar-refractivity contribution in [3.8, 4) is 5.75 Å². The van der Waals surface area contributed by atoms with Crippen LogP contribution < -0.4 is 10.2 Å². The Hall–Kier alpha value is -2.89. The molecule has 0 spiro atoms. The minimum Gasteiger partial charge on any atom is -0.483 e. The predicted octanol–water partition coefficient (Wildman–Crippen LogP) is 3.07. The molecule has 0 aliphatic carbocycles. The zero-order valence-corrected chi connectivity index (χ0v) is 16.3. The summed E-state index contributed by atoms with van der Waals surface area (Å²) in [6, 6.07) is 20.5. The number of aromatic nitrogens is 1. The van der Waals surface area contributed by atoms with Crippen LogP contribution in [0.3, 0.4) is 0 Å². The predicted molar refractivity (Wildman–Crippen MR) is 111 cm³/mol. The van der Waals surface area contributed by atoms with Gasteiger partial charge in [0.25, 0.3) is 0 Å². The average molecular weight is 378 g/mol. The van der Waals surface area contributed by atoms with Crippen molar-refractivity contribution in [3.63, 3.8) is 0 Å². The second kappa shape index (κ2) is 9.35. The number of nitrogens with zero attached hydrogens (tertiary/aromatic N) is 2. The third kappa shape index (κ3) is 4.88. The van der Waals surface area contributed by atoms with E-state index in [1.54, 1.807) is 6.20 Å². The lowest BCUT2D eigenvalue weighted by Crippen LogP contribution is -2.24. The molecule has 0 saturated carbocycles. The first kappa shape index (κ1) is 19.9. The van der Waals surface area contributed by atoms with Crippen molar-refractivity contribution >= 4 is 0 Å². The Morgan fingerprint density at radius 2 is 1.64 bits per heavy atom. The fourth-order valence-corrected chi connectivity index (χ4v) is 3.02. The first-order valence-electron chi connectivity index (χ1n) is 9.34. The molecule has 1 aromatic heterocycles. The maximum atomic E-state index is 12.6. The van der Waals surface area contributed by atoms with E-state index in [1.807, 2.05) is 79.3 Å². The number of aliphatic hydroxyl groups excluding tert-OH is 1. The van der Waals surface area contributed by atoms with E-state index in [2.05, 4.69) is 4.90 Å². The third-order valence-electron chi connectivity index (χ3n) is 4.56. The Labute approximate surface area is 165 Å². The van der Waals surface area contributed by atoms with Gasteiger partial charge in [0.15, 0.2) is 5.75 Å². The molecule has 1 unspecified atom stereocenters. The summed E-state index contributed by atoms with van der Waals surface area (Å²) in [6.45, 7) is 1.67. The molecule has 28 heavy (non-hydrogen) atoms. The highest BCUT2D eigenvalue weighted by molar-refractivity contribution is 5.36. The summed E-state index contributed by atoms with van der Waals surface area (Å²) in [4.78, 5) is 14.7. The van der Waals surface area contributed by atoms with Crippen LogP contribution in [-0.4, -0.2) is 35.2 Å². The molecule has 0 radical (unpaired) electrons. The Balaban J connectivity index is 2.00. The second-order valence-electron chi connectivity index (χ2n) is 6.98. The zero-order valence-electron chi connectivity index (χ0n) is 16.3. The van der Waals surface area contributed by atoms with E-state index in [1.165, 1.54) is 6.07 Å². The standard InChI is InChI=1S/C23H26N2O3/c1-24(2)15-16-25-14-13-20(26)23(28-17-18-9-5-3-6-10-18)21(25)22(27)19-11-7-4-8-12-19/h3-14,22,27H,15-17H2,1-2H3. The first-order chi connectivity index (χ1) is 13.6. The summed E-state index contributed by atoms with van der Waals surface area (Å²) in [5.74, 6) is 0.196. The molecule has 2 aromatic carbocycles. The Bertz CT molecular complexity index is 937. The molecular weight excluding hydrogens is 352 g/mol. The van der Waals surface area contributed by atoms with Gasteiger partial charge in [0.1, 0.15) is 12.7 Å². The average Bonchev–Trinajstić information content (AvgIpc) is 2.72. The summed E-state index contributed by atoms with van der Waals surface area (Å²) in [7, 11) is 3.98. The van der Waals surface area contributed by atoms with E-state index < -0.39 is 6.10 Å². The Morgan fingerprint density at radius 1 is 1.00 bits per heavy atom. The first-order valence-corrected chi connectivity index (χ1v) is 9.34. The van der Waals surface area contributed by atoms with Gasteiger partial charge >= 0.3 is 0 Å². The van der Waals surface area contributed by atoms with E-state index in [0.29, 0.717) is 12.2 Å². The van der Waals surface area contributed by atoms with E-state index in [-0.39, 0.29) is 17.8 Å². The van der Waals surface area contributed by atoms with Crippen LogP contribution in [0, 0.1) is 0 Å². The number of benzene rings is 2. The smallest absolute Gasteiger partial charge is 0.223 e. The van der Waals surface area contributed by atoms with Gasteiger partial charge in [-0.3, -0.25) is 4.79 Å². The monoisotopic (exact) mass is 378 g/mol. The summed E-state index contributed by atoms with van der Waals surface area (Å²) in [5.41, 5.74) is 1.93. The number of ether oxygens (including phenoxy) is 1. The van der Waals surface area contributed by atoms with Crippen LogP contribution in [0.4, 0.5) is 0 Å². The van der Waals surface area contributed by atoms with Crippen molar-refractivity contribution in [1.29, 1.82) is 0 Å². The minimum atomic E-state index is -0.956. The molecule has 0 aliphatic rings. The van der Waals surface area contributed by atoms with Crippen molar-refractivity contribution in [1.82, 2.24) is 9.47 Å². The van der Waals surface area contributed by atoms with Crippen LogP contribution in [0.15, 0.2) is 77.7 Å². The molecule has 0 amide bonds. The maximum absolute atomic E-state index is 12.6. The van der Waals surface area contributed by atoms with Crippen LogP contribution in [0.1, 0.15) is 22.9 Å². The highest BCUT2D eigenvalue weighted by Gasteiger charge is 2.22. The molecule has 1 heterocycles. The molecule has 5 nitrogen and oxygen atoms in total. The fourth-order valence-electron chi connectivity index (χ4n) is 3.02. The maximum Gasteiger partial charge on any atom is 0.223 e. The molecule has 0 saturated heterocycles. The Kier molecular flexibility index (Phi) is 6.63. The highest BCUT2D eigenvalue weighted by Crippen LogP contribution is 2.28. The van der Waals surface area contributed by atoms with Crippen LogP contribution >= 0.6 is 0 Å². The normalized spacial score (nSPS) is 12.1. The molecule has 3 aromatic rings. The summed E-state index contributed by atoms with van der Waals surface area (Å²) < 4.78 is 7.84. The van der Waals surface area contributed by atoms with Gasteiger partial charge in [-0.05, 0) is 25.2 Å². The lowest BCUT2D eigenvalue weighted by molar-refractivity contribution is 0.194. The van der Waals surface area contributed by atoms with Crippen molar-refractivity contribution in [2.45, 2.75) is 19.3 Å². The number of likely N-dealkylation sites (N-methyl/N-ethyl adjacent to an activating group) is 1. The summed E-state index contributed by atoms with van der Waals surface area (Å²) >= 11 is 0. The summed E-state index contributed by atoms with van der Waals surface area (Å²) in [5, 5.41) is 11.1. The number of aliphatic hydroxyl groups is 1. The summed E-state index contributed by atoms with van der Waals surface area (Å²) in [6.07, 6.45) is 0.769. The zero-order chi connectivity index (χ0) is 19.9. The van der Waals surface area contributed by atoms with Crippen molar-refractivity contribution in [2.24, 2.45) is 0 Å². The fraction of sp³-hybridized carbons (Fsp3) is 0.261. The molecule has 0 bridgehead atoms. The molecule has 1 N–H and O–H groups in total. The van der Waals surface area contributed by atoms with Gasteiger partial charge in [-0.1, -0.05) is 60.7 Å². The topological polar surface area (TPSA) is 54.7 Å². The van der Waals surface area contributed by atoms with Gasteiger partial charge in [0.2, 0.25) is 5.43 Å². The molecule has 0 aliphatic heterocycles. The van der Waals surface area contributed by atoms with Crippen molar-refractivity contribution in [2.75, 3.05) is 20.6 Å².